The maximum absolute atomic E-state index is 14.4. The lowest BCUT2D eigenvalue weighted by Crippen LogP contribution is -2.57. The minimum atomic E-state index is -1.12. The number of aromatic amines is 1. The Morgan fingerprint density at radius 3 is 2.73 bits per heavy atom. The number of methoxy groups -OCH3 is 1. The predicted molar refractivity (Wildman–Crippen MR) is 159 cm³/mol. The lowest BCUT2D eigenvalue weighted by Gasteiger charge is -2.39. The molecular weight excluding hydrogens is 551 g/mol. The van der Waals surface area contributed by atoms with Crippen LogP contribution in [-0.2, 0) is 22.5 Å². The van der Waals surface area contributed by atoms with E-state index in [9.17, 15) is 18.4 Å². The highest BCUT2D eigenvalue weighted by atomic mass is 31.0. The van der Waals surface area contributed by atoms with Crippen molar-refractivity contribution in [1.82, 2.24) is 25.4 Å². The highest BCUT2D eigenvalue weighted by Crippen LogP contribution is 2.21. The number of likely N-dealkylation sites (N-methyl/N-ethyl adjacent to an activating group) is 1. The minimum absolute atomic E-state index is 0.0276. The molecule has 5 N–H and O–H groups in total. The molecule has 0 spiro atoms. The number of amides is 1. The summed E-state index contributed by atoms with van der Waals surface area (Å²) < 4.78 is 34.0. The molecule has 13 heteroatoms. The van der Waals surface area contributed by atoms with Gasteiger partial charge in [0.15, 0.2) is 11.6 Å². The van der Waals surface area contributed by atoms with Crippen molar-refractivity contribution < 1.29 is 18.3 Å². The second kappa shape index (κ2) is 13.6. The number of aliphatic imine (C=N–C) groups is 1. The van der Waals surface area contributed by atoms with Crippen molar-refractivity contribution in [3.05, 3.63) is 99.1 Å². The van der Waals surface area contributed by atoms with Crippen LogP contribution < -0.4 is 27.2 Å². The quantitative estimate of drug-likeness (QED) is 0.129. The number of pyridine rings is 1. The number of allylic oxidation sites excluding steroid dienone is 2. The molecule has 1 aliphatic rings. The molecule has 220 valence electrons. The Hall–Kier alpha value is -4.02. The molecule has 2 heterocycles. The molecule has 0 aliphatic carbocycles. The van der Waals surface area contributed by atoms with E-state index in [4.69, 9.17) is 10.5 Å². The van der Waals surface area contributed by atoms with Gasteiger partial charge in [-0.05, 0) is 43.7 Å². The number of H-pyrrole nitrogens is 1. The zero-order valence-electron chi connectivity index (χ0n) is 23.6. The maximum atomic E-state index is 14.4. The van der Waals surface area contributed by atoms with Crippen LogP contribution in [0, 0.1) is 11.6 Å². The Kier molecular flexibility index (Phi) is 10.4. The fourth-order valence-electron chi connectivity index (χ4n) is 4.28. The van der Waals surface area contributed by atoms with Gasteiger partial charge in [-0.1, -0.05) is 12.6 Å². The lowest BCUT2D eigenvalue weighted by molar-refractivity contribution is -0.122. The van der Waals surface area contributed by atoms with Crippen LogP contribution in [0.1, 0.15) is 25.0 Å². The first-order valence-electron chi connectivity index (χ1n) is 12.7. The third-order valence-electron chi connectivity index (χ3n) is 6.48. The van der Waals surface area contributed by atoms with E-state index in [1.54, 1.807) is 44.0 Å². The second-order valence-electron chi connectivity index (χ2n) is 9.81. The molecule has 1 aliphatic heterocycles. The summed E-state index contributed by atoms with van der Waals surface area (Å²) in [5, 5.41) is 6.77. The summed E-state index contributed by atoms with van der Waals surface area (Å²) in [5.74, 6) is -1.34. The summed E-state index contributed by atoms with van der Waals surface area (Å²) in [5.41, 5.74) is 6.48. The molecule has 2 atom stereocenters. The van der Waals surface area contributed by atoms with E-state index in [0.29, 0.717) is 34.0 Å². The highest BCUT2D eigenvalue weighted by Gasteiger charge is 2.29. The van der Waals surface area contributed by atoms with Crippen molar-refractivity contribution in [3.63, 3.8) is 0 Å². The number of nitrogens with one attached hydrogen (secondary N) is 3. The molecule has 10 nitrogen and oxygen atoms in total. The Bertz CT molecular complexity index is 1430. The van der Waals surface area contributed by atoms with Gasteiger partial charge in [-0.3, -0.25) is 14.6 Å². The van der Waals surface area contributed by atoms with Crippen molar-refractivity contribution in [1.29, 1.82) is 0 Å². The van der Waals surface area contributed by atoms with Crippen LogP contribution >= 0.6 is 9.24 Å². The van der Waals surface area contributed by atoms with Gasteiger partial charge >= 0.3 is 0 Å². The molecule has 0 radical (unpaired) electrons. The van der Waals surface area contributed by atoms with E-state index in [1.807, 2.05) is 0 Å². The van der Waals surface area contributed by atoms with Crippen LogP contribution in [0.4, 0.5) is 8.78 Å². The molecule has 1 aromatic carbocycles. The fourth-order valence-corrected chi connectivity index (χ4v) is 4.63. The first kappa shape index (κ1) is 31.5. The van der Waals surface area contributed by atoms with Gasteiger partial charge in [0, 0.05) is 36.1 Å². The maximum Gasteiger partial charge on any atom is 0.256 e. The van der Waals surface area contributed by atoms with Crippen molar-refractivity contribution in [2.75, 3.05) is 27.4 Å². The molecule has 0 saturated carbocycles. The standard InChI is InChI=1S/C28H36F2N7O3P/c1-17(40-5)23(11-21-13-32-16-36(4)27(21)39)35-28(3,12-19-9-22(29)25(30)24(41)10-19)34-18(2)37(15-31)14-20-7-6-8-33-26(20)38/h6-11,16,34-35H,2,12-15,31,41H2,1,3-5H3,(H,33,38)/b21-11+,23-17-. The Morgan fingerprint density at radius 1 is 1.37 bits per heavy atom. The number of ether oxygens (including phenoxy) is 1. The smallest absolute Gasteiger partial charge is 0.256 e. The number of halogens is 2. The molecule has 2 aromatic rings. The number of hydrogen-bond donors (Lipinski definition) is 4. The van der Waals surface area contributed by atoms with E-state index in [2.05, 4.69) is 36.4 Å². The van der Waals surface area contributed by atoms with E-state index >= 15 is 0 Å². The van der Waals surface area contributed by atoms with Crippen LogP contribution in [-0.4, -0.2) is 60.1 Å². The van der Waals surface area contributed by atoms with E-state index < -0.39 is 17.3 Å². The van der Waals surface area contributed by atoms with E-state index in [-0.39, 0.29) is 43.0 Å². The van der Waals surface area contributed by atoms with Crippen molar-refractivity contribution in [3.8, 4) is 0 Å². The zero-order chi connectivity index (χ0) is 30.3. The van der Waals surface area contributed by atoms with Gasteiger partial charge in [-0.2, -0.15) is 0 Å². The summed E-state index contributed by atoms with van der Waals surface area (Å²) in [6, 6.07) is 6.04. The Balaban J connectivity index is 2.01. The molecule has 0 fully saturated rings. The van der Waals surface area contributed by atoms with Crippen LogP contribution in [0.25, 0.3) is 0 Å². The minimum Gasteiger partial charge on any atom is -0.499 e. The predicted octanol–water partition coefficient (Wildman–Crippen LogP) is 1.79. The lowest BCUT2D eigenvalue weighted by atomic mass is 9.99. The van der Waals surface area contributed by atoms with Crippen LogP contribution in [0.5, 0.6) is 0 Å². The van der Waals surface area contributed by atoms with E-state index in [0.717, 1.165) is 6.07 Å². The summed E-state index contributed by atoms with van der Waals surface area (Å²) in [6.45, 7) is 8.02. The number of nitrogens with zero attached hydrogens (tertiary/aromatic N) is 3. The van der Waals surface area contributed by atoms with Gasteiger partial charge in [0.1, 0.15) is 11.4 Å². The van der Waals surface area contributed by atoms with Gasteiger partial charge in [0.05, 0.1) is 44.7 Å². The third-order valence-corrected chi connectivity index (χ3v) is 6.90. The monoisotopic (exact) mass is 587 g/mol. The molecule has 0 bridgehead atoms. The van der Waals surface area contributed by atoms with Gasteiger partial charge in [-0.15, -0.1) is 9.24 Å². The third kappa shape index (κ3) is 8.02. The largest absolute Gasteiger partial charge is 0.499 e. The van der Waals surface area contributed by atoms with Crippen LogP contribution in [0.3, 0.4) is 0 Å². The Labute approximate surface area is 240 Å². The SMILES string of the molecule is C=C(NC(C)(Cc1cc(F)c(F)c(P)c1)NC(/C=C1\CN=CN(C)C1=O)=C(/C)OC)N(CN)Cc1ccc[nH]c1=O. The molecule has 0 saturated heterocycles. The highest BCUT2D eigenvalue weighted by molar-refractivity contribution is 7.27. The first-order valence-corrected chi connectivity index (χ1v) is 13.3. The first-order chi connectivity index (χ1) is 19.4. The normalized spacial score (nSPS) is 16.2. The number of benzene rings is 1. The number of carbonyl (C=O) groups is 1. The van der Waals surface area contributed by atoms with Crippen molar-refractivity contribution in [2.24, 2.45) is 10.7 Å². The molecule has 41 heavy (non-hydrogen) atoms. The van der Waals surface area contributed by atoms with E-state index in [1.165, 1.54) is 30.6 Å². The Morgan fingerprint density at radius 2 is 2.10 bits per heavy atom. The summed E-state index contributed by atoms with van der Waals surface area (Å²) in [6.07, 6.45) is 4.77. The fraction of sp³-hybridized carbons (Fsp3) is 0.321. The molecule has 1 amide bonds. The number of nitrogens with two attached hydrogens (primary N) is 1. The van der Waals surface area contributed by atoms with Crippen LogP contribution in [0.15, 0.2) is 75.8 Å². The second-order valence-corrected chi connectivity index (χ2v) is 10.4. The zero-order valence-corrected chi connectivity index (χ0v) is 24.7. The number of carbonyl (C=O) groups excluding carboxylic acids is 1. The molecule has 2 unspecified atom stereocenters. The summed E-state index contributed by atoms with van der Waals surface area (Å²) in [4.78, 5) is 34.9. The van der Waals surface area contributed by atoms with Gasteiger partial charge < -0.3 is 35.9 Å². The molecular formula is C28H36F2N7O3P. The average molecular weight is 588 g/mol. The topological polar surface area (TPSA) is 128 Å². The summed E-state index contributed by atoms with van der Waals surface area (Å²) in [7, 11) is 5.30. The van der Waals surface area contributed by atoms with Gasteiger partial charge in [0.25, 0.3) is 11.5 Å². The van der Waals surface area contributed by atoms with Crippen LogP contribution in [0.2, 0.25) is 0 Å². The average Bonchev–Trinajstić information content (AvgIpc) is 2.92. The summed E-state index contributed by atoms with van der Waals surface area (Å²) >= 11 is 0. The number of rotatable bonds is 12. The molecule has 1 aromatic heterocycles. The molecule has 3 rings (SSSR count). The van der Waals surface area contributed by atoms with Gasteiger partial charge in [0.2, 0.25) is 0 Å². The number of aromatic nitrogens is 1. The van der Waals surface area contributed by atoms with Crippen molar-refractivity contribution in [2.45, 2.75) is 32.5 Å². The van der Waals surface area contributed by atoms with Gasteiger partial charge in [-0.25, -0.2) is 8.78 Å². The number of hydrogen-bond acceptors (Lipinski definition) is 8. The van der Waals surface area contributed by atoms with Crippen molar-refractivity contribution >= 4 is 26.8 Å².